The van der Waals surface area contributed by atoms with Crippen LogP contribution in [0.25, 0.3) is 0 Å². The zero-order chi connectivity index (χ0) is 13.7. The molecule has 1 aliphatic carbocycles. The Morgan fingerprint density at radius 3 is 2.89 bits per heavy atom. The average molecular weight is 278 g/mol. The summed E-state index contributed by atoms with van der Waals surface area (Å²) in [6.45, 7) is 1.63. The smallest absolute Gasteiger partial charge is 0.119 e. The second kappa shape index (κ2) is 6.78. The summed E-state index contributed by atoms with van der Waals surface area (Å²) in [5.74, 6) is 1.34. The highest BCUT2D eigenvalue weighted by molar-refractivity contribution is 6.31. The molecule has 19 heavy (non-hydrogen) atoms. The van der Waals surface area contributed by atoms with Gasteiger partial charge in [0, 0.05) is 17.5 Å². The summed E-state index contributed by atoms with van der Waals surface area (Å²) in [7, 11) is 4.09. The zero-order valence-corrected chi connectivity index (χ0v) is 12.2. The summed E-state index contributed by atoms with van der Waals surface area (Å²) in [6.07, 6.45) is 7.14. The highest BCUT2D eigenvalue weighted by Gasteiger charge is 2.11. The van der Waals surface area contributed by atoms with Crippen LogP contribution in [0.3, 0.4) is 0 Å². The lowest BCUT2D eigenvalue weighted by Gasteiger charge is -2.16. The van der Waals surface area contributed by atoms with Crippen molar-refractivity contribution in [3.8, 4) is 5.75 Å². The molecule has 0 aliphatic heterocycles. The lowest BCUT2D eigenvalue weighted by atomic mass is 9.92. The Morgan fingerprint density at radius 1 is 1.37 bits per heavy atom. The van der Waals surface area contributed by atoms with Crippen molar-refractivity contribution >= 4 is 11.6 Å². The number of nitrogens with zero attached hydrogens (tertiary/aromatic N) is 1. The first kappa shape index (κ1) is 14.2. The van der Waals surface area contributed by atoms with E-state index in [9.17, 15) is 0 Å². The molecule has 0 spiro atoms. The van der Waals surface area contributed by atoms with Gasteiger partial charge in [-0.2, -0.15) is 0 Å². The average Bonchev–Trinajstić information content (AvgIpc) is 2.39. The monoisotopic (exact) mass is 277 g/mol. The Bertz CT molecular complexity index is 479. The lowest BCUT2D eigenvalue weighted by molar-refractivity contribution is 0.261. The third-order valence-corrected chi connectivity index (χ3v) is 3.43. The zero-order valence-electron chi connectivity index (χ0n) is 11.5. The Hall–Kier alpha value is -1.25. The van der Waals surface area contributed by atoms with Gasteiger partial charge in [0.25, 0.3) is 0 Å². The third kappa shape index (κ3) is 4.41. The molecule has 0 radical (unpaired) electrons. The quantitative estimate of drug-likeness (QED) is 0.812. The van der Waals surface area contributed by atoms with Crippen molar-refractivity contribution < 1.29 is 4.74 Å². The van der Waals surface area contributed by atoms with Crippen molar-refractivity contribution in [2.24, 2.45) is 0 Å². The van der Waals surface area contributed by atoms with Gasteiger partial charge in [0.15, 0.2) is 0 Å². The minimum atomic E-state index is 0.403. The summed E-state index contributed by atoms with van der Waals surface area (Å²) in [4.78, 5) is 2.11. The second-order valence-electron chi connectivity index (χ2n) is 5.01. The van der Waals surface area contributed by atoms with E-state index in [-0.39, 0.29) is 0 Å². The van der Waals surface area contributed by atoms with Gasteiger partial charge >= 0.3 is 0 Å². The van der Waals surface area contributed by atoms with Crippen LogP contribution in [-0.2, 0) is 0 Å². The van der Waals surface area contributed by atoms with Crippen molar-refractivity contribution in [1.29, 1.82) is 0 Å². The van der Waals surface area contributed by atoms with Crippen LogP contribution in [0, 0.1) is 0 Å². The number of hydrogen-bond acceptors (Lipinski definition) is 2. The van der Waals surface area contributed by atoms with E-state index in [0.717, 1.165) is 23.7 Å². The lowest BCUT2D eigenvalue weighted by Crippen LogP contribution is -2.19. The maximum atomic E-state index is 5.94. The molecule has 2 nitrogen and oxygen atoms in total. The fraction of sp³-hybridized carbons (Fsp3) is 0.375. The second-order valence-corrected chi connectivity index (χ2v) is 5.45. The van der Waals surface area contributed by atoms with E-state index >= 15 is 0 Å². The van der Waals surface area contributed by atoms with Gasteiger partial charge < -0.3 is 9.64 Å². The Balaban J connectivity index is 1.97. The first-order valence-electron chi connectivity index (χ1n) is 6.56. The van der Waals surface area contributed by atoms with E-state index in [0.29, 0.717) is 12.5 Å². The fourth-order valence-electron chi connectivity index (χ4n) is 2.02. The molecule has 1 aliphatic rings. The van der Waals surface area contributed by atoms with Gasteiger partial charge in [-0.05, 0) is 44.3 Å². The van der Waals surface area contributed by atoms with Crippen molar-refractivity contribution in [3.05, 3.63) is 53.1 Å². The van der Waals surface area contributed by atoms with Crippen LogP contribution in [0.1, 0.15) is 17.9 Å². The minimum Gasteiger partial charge on any atom is -0.492 e. The van der Waals surface area contributed by atoms with E-state index in [1.54, 1.807) is 0 Å². The molecular weight excluding hydrogens is 258 g/mol. The summed E-state index contributed by atoms with van der Waals surface area (Å²) < 4.78 is 5.76. The molecule has 2 rings (SSSR count). The fourth-order valence-corrected chi connectivity index (χ4v) is 2.18. The van der Waals surface area contributed by atoms with E-state index in [4.69, 9.17) is 16.3 Å². The van der Waals surface area contributed by atoms with Gasteiger partial charge in [-0.1, -0.05) is 35.9 Å². The number of likely N-dealkylation sites (N-methyl/N-ethyl adjacent to an activating group) is 1. The molecule has 0 aromatic heterocycles. The summed E-state index contributed by atoms with van der Waals surface area (Å²) >= 11 is 5.94. The Labute approximate surface area is 120 Å². The van der Waals surface area contributed by atoms with Crippen LogP contribution in [0.15, 0.2) is 47.5 Å². The normalized spacial score (nSPS) is 18.5. The molecule has 1 aromatic carbocycles. The molecule has 0 fully saturated rings. The van der Waals surface area contributed by atoms with Crippen molar-refractivity contribution in [2.75, 3.05) is 27.2 Å². The molecule has 1 unspecified atom stereocenters. The predicted molar refractivity (Wildman–Crippen MR) is 80.9 cm³/mol. The van der Waals surface area contributed by atoms with Crippen LogP contribution in [0.5, 0.6) is 5.75 Å². The number of rotatable bonds is 5. The van der Waals surface area contributed by atoms with E-state index in [1.165, 1.54) is 5.56 Å². The SMILES string of the molecule is CN(C)CCOc1cccc(C2C=CC(Cl)=CC2)c1. The Morgan fingerprint density at radius 2 is 2.21 bits per heavy atom. The highest BCUT2D eigenvalue weighted by Crippen LogP contribution is 2.29. The molecule has 1 atom stereocenters. The van der Waals surface area contributed by atoms with Gasteiger partial charge in [0.1, 0.15) is 12.4 Å². The molecule has 0 saturated heterocycles. The maximum Gasteiger partial charge on any atom is 0.119 e. The molecule has 0 saturated carbocycles. The van der Waals surface area contributed by atoms with Gasteiger partial charge in [-0.15, -0.1) is 0 Å². The number of allylic oxidation sites excluding steroid dienone is 4. The van der Waals surface area contributed by atoms with Gasteiger partial charge in [0.2, 0.25) is 0 Å². The van der Waals surface area contributed by atoms with Crippen molar-refractivity contribution in [1.82, 2.24) is 4.90 Å². The van der Waals surface area contributed by atoms with Crippen LogP contribution in [0.4, 0.5) is 0 Å². The third-order valence-electron chi connectivity index (χ3n) is 3.15. The highest BCUT2D eigenvalue weighted by atomic mass is 35.5. The molecule has 0 amide bonds. The van der Waals surface area contributed by atoms with Gasteiger partial charge in [0.05, 0.1) is 0 Å². The first-order chi connectivity index (χ1) is 9.15. The molecule has 0 N–H and O–H groups in total. The van der Waals surface area contributed by atoms with E-state index in [2.05, 4.69) is 29.2 Å². The van der Waals surface area contributed by atoms with E-state index in [1.807, 2.05) is 32.3 Å². The van der Waals surface area contributed by atoms with Crippen LogP contribution in [-0.4, -0.2) is 32.1 Å². The first-order valence-corrected chi connectivity index (χ1v) is 6.94. The summed E-state index contributed by atoms with van der Waals surface area (Å²) in [6, 6.07) is 8.32. The molecule has 102 valence electrons. The van der Waals surface area contributed by atoms with Crippen LogP contribution >= 0.6 is 11.6 Å². The number of hydrogen-bond donors (Lipinski definition) is 0. The number of ether oxygens (including phenoxy) is 1. The minimum absolute atomic E-state index is 0.403. The van der Waals surface area contributed by atoms with Crippen LogP contribution in [0.2, 0.25) is 0 Å². The predicted octanol–water partition coefficient (Wildman–Crippen LogP) is 3.79. The van der Waals surface area contributed by atoms with Gasteiger partial charge in [-0.3, -0.25) is 0 Å². The molecular formula is C16H20ClNO. The van der Waals surface area contributed by atoms with Crippen LogP contribution < -0.4 is 4.74 Å². The standard InChI is InChI=1S/C16H20ClNO/c1-18(2)10-11-19-16-5-3-4-14(12-16)13-6-8-15(17)9-7-13/h3-6,8-9,12-13H,7,10-11H2,1-2H3. The summed E-state index contributed by atoms with van der Waals surface area (Å²) in [5, 5.41) is 0.828. The summed E-state index contributed by atoms with van der Waals surface area (Å²) in [5.41, 5.74) is 1.28. The molecule has 0 bridgehead atoms. The molecule has 1 aromatic rings. The van der Waals surface area contributed by atoms with Gasteiger partial charge in [-0.25, -0.2) is 0 Å². The molecule has 0 heterocycles. The number of halogens is 1. The Kier molecular flexibility index (Phi) is 5.06. The largest absolute Gasteiger partial charge is 0.492 e. The maximum absolute atomic E-state index is 5.94. The van der Waals surface area contributed by atoms with E-state index < -0.39 is 0 Å². The molecule has 3 heteroatoms. The van der Waals surface area contributed by atoms with Crippen molar-refractivity contribution in [2.45, 2.75) is 12.3 Å². The number of benzene rings is 1. The topological polar surface area (TPSA) is 12.5 Å². The van der Waals surface area contributed by atoms with Crippen molar-refractivity contribution in [3.63, 3.8) is 0 Å².